The van der Waals surface area contributed by atoms with Gasteiger partial charge in [-0.15, -0.1) is 0 Å². The first kappa shape index (κ1) is 66.1. The van der Waals surface area contributed by atoms with Crippen molar-refractivity contribution in [3.8, 4) is 0 Å². The summed E-state index contributed by atoms with van der Waals surface area (Å²) in [5.41, 5.74) is 0.807. The molecule has 0 bridgehead atoms. The van der Waals surface area contributed by atoms with Gasteiger partial charge in [-0.3, -0.25) is 4.79 Å². The molecule has 70 heavy (non-hydrogen) atoms. The zero-order valence-electron chi connectivity index (χ0n) is 48.2. The van der Waals surface area contributed by atoms with E-state index in [-0.39, 0.29) is 39.2 Å². The monoisotopic (exact) mass is 1160 g/mol. The van der Waals surface area contributed by atoms with Gasteiger partial charge in [-0.25, -0.2) is 0 Å². The van der Waals surface area contributed by atoms with Gasteiger partial charge in [0.15, 0.2) is 0 Å². The van der Waals surface area contributed by atoms with Gasteiger partial charge in [-0.1, -0.05) is 221 Å². The van der Waals surface area contributed by atoms with Gasteiger partial charge in [0.05, 0.1) is 6.10 Å². The molecule has 0 aliphatic heterocycles. The summed E-state index contributed by atoms with van der Waals surface area (Å²) in [7, 11) is 0. The molecule has 4 fully saturated rings. The molecule has 1 amide bonds. The van der Waals surface area contributed by atoms with Gasteiger partial charge in [0.1, 0.15) is 0 Å². The summed E-state index contributed by atoms with van der Waals surface area (Å²) in [6, 6.07) is 0. The average Bonchev–Trinajstić information content (AvgIpc) is 3.67. The second kappa shape index (κ2) is 40.3. The number of fused-ring (bicyclic) bond motifs is 5. The van der Waals surface area contributed by atoms with Gasteiger partial charge in [-0.2, -0.15) is 0 Å². The van der Waals surface area contributed by atoms with Gasteiger partial charge < -0.3 is 27.6 Å². The number of hydrogen-bond acceptors (Lipinski definition) is 4. The zero-order valence-corrected chi connectivity index (χ0v) is 50.8. The topological polar surface area (TPSA) is 55.8 Å². The van der Waals surface area contributed by atoms with Gasteiger partial charge in [0.2, 0.25) is 5.91 Å². The molecular weight excluding hydrogens is 1030 g/mol. The van der Waals surface area contributed by atoms with E-state index in [1.54, 1.807) is 0 Å². The molecule has 4 aliphatic carbocycles. The number of unbranched alkanes of at least 4 members (excludes halogenated alkanes) is 27. The van der Waals surface area contributed by atoms with E-state index in [0.717, 1.165) is 44.3 Å². The van der Waals surface area contributed by atoms with Crippen molar-refractivity contribution in [1.82, 2.24) is 15.1 Å². The average molecular weight is 1160 g/mol. The van der Waals surface area contributed by atoms with E-state index in [9.17, 15) is 9.90 Å². The molecular formula is C64H124N3O2Os. The predicted octanol–water partition coefficient (Wildman–Crippen LogP) is 18.1. The fourth-order valence-electron chi connectivity index (χ4n) is 15.2. The number of carbonyl (C=O) groups excluding carboxylic acids is 1. The summed E-state index contributed by atoms with van der Waals surface area (Å²) in [6.45, 7) is 20.0. The van der Waals surface area contributed by atoms with Crippen molar-refractivity contribution in [3.05, 3.63) is 7.43 Å². The summed E-state index contributed by atoms with van der Waals surface area (Å²) < 4.78 is 0. The van der Waals surface area contributed by atoms with Crippen molar-refractivity contribution in [2.75, 3.05) is 45.8 Å². The Morgan fingerprint density at radius 2 is 0.929 bits per heavy atom. The number of aliphatic hydroxyl groups is 1. The molecule has 8 unspecified atom stereocenters. The van der Waals surface area contributed by atoms with Crippen LogP contribution in [0.15, 0.2) is 0 Å². The summed E-state index contributed by atoms with van der Waals surface area (Å²) >= 11 is 0. The smallest absolute Gasteiger partial charge is 0.393 e. The first-order valence-electron chi connectivity index (χ1n) is 31.7. The molecule has 2 N–H and O–H groups in total. The Kier molecular flexibility index (Phi) is 38.0. The number of carbonyl (C=O) groups is 1. The third kappa shape index (κ3) is 24.3. The Bertz CT molecular complexity index is 1210. The maximum absolute atomic E-state index is 13.4. The number of aliphatic hydroxyl groups excluding tert-OH is 1. The van der Waals surface area contributed by atoms with E-state index in [2.05, 4.69) is 49.7 Å². The minimum atomic E-state index is -0.0906. The second-order valence-electron chi connectivity index (χ2n) is 24.8. The Morgan fingerprint density at radius 3 is 1.40 bits per heavy atom. The second-order valence-corrected chi connectivity index (χ2v) is 24.8. The fourth-order valence-corrected chi connectivity index (χ4v) is 15.2. The largest absolute Gasteiger partial charge is 1.00 e. The maximum atomic E-state index is 13.4. The van der Waals surface area contributed by atoms with Crippen LogP contribution in [0.3, 0.4) is 0 Å². The quantitative estimate of drug-likeness (QED) is 0.0472. The molecule has 0 aromatic rings. The van der Waals surface area contributed by atoms with Crippen LogP contribution in [0.1, 0.15) is 304 Å². The molecule has 8 atom stereocenters. The molecule has 0 aromatic carbocycles. The summed E-state index contributed by atoms with van der Waals surface area (Å²) in [5.74, 6) is 3.64. The van der Waals surface area contributed by atoms with Crippen molar-refractivity contribution in [2.24, 2.45) is 40.4 Å². The van der Waals surface area contributed by atoms with Crippen molar-refractivity contribution in [1.29, 1.82) is 0 Å². The SMILES string of the molecule is CCCCCCCCCCCCN(CCCCCCCCCCCC)CCN(CCCCCCCCCCCC)CCNC(=O)CCCC1CCC2C3C(O)CC4CCCCC4(C)C3CCC12C.[CH3-].[Os+]. The first-order valence-corrected chi connectivity index (χ1v) is 31.7. The van der Waals surface area contributed by atoms with Crippen molar-refractivity contribution in [3.63, 3.8) is 0 Å². The third-order valence-electron chi connectivity index (χ3n) is 19.7. The van der Waals surface area contributed by atoms with Crippen LogP contribution in [-0.4, -0.2) is 72.7 Å². The Hall–Kier alpha value is -0.0136. The van der Waals surface area contributed by atoms with E-state index in [4.69, 9.17) is 0 Å². The Balaban J connectivity index is 0.00000840. The van der Waals surface area contributed by atoms with Gasteiger partial charge >= 0.3 is 19.8 Å². The van der Waals surface area contributed by atoms with Gasteiger partial charge in [-0.05, 0) is 137 Å². The zero-order chi connectivity index (χ0) is 48.6. The Labute approximate surface area is 452 Å². The standard InChI is InChI=1S/C63H121N3O2.CH3.Os/c1-6-9-12-15-18-21-24-27-30-35-48-65(49-36-31-28-25-22-19-16-13-10-7-2)52-53-66(50-37-32-29-26-23-20-17-14-11-8-3)51-47-64-60(68)41-38-40-55-42-43-57-61-58(44-46-63(55,57)5)62(4)45-34-33-39-56(62)54-59(61)67;;/h55-59,61,67H,6-54H2,1-5H3,(H,64,68);1H3;/q;-1;+1. The fraction of sp³-hybridized carbons (Fsp3) is 0.969. The molecule has 0 spiro atoms. The Morgan fingerprint density at radius 1 is 0.500 bits per heavy atom. The van der Waals surface area contributed by atoms with Gasteiger partial charge in [0, 0.05) is 32.6 Å². The number of amides is 1. The van der Waals surface area contributed by atoms with E-state index in [1.807, 2.05) is 0 Å². The van der Waals surface area contributed by atoms with E-state index >= 15 is 0 Å². The summed E-state index contributed by atoms with van der Waals surface area (Å²) in [5, 5.41) is 15.1. The number of rotatable bonds is 43. The van der Waals surface area contributed by atoms with Gasteiger partial charge in [0.25, 0.3) is 0 Å². The molecule has 4 rings (SSSR count). The molecule has 415 valence electrons. The minimum absolute atomic E-state index is 0. The van der Waals surface area contributed by atoms with Crippen LogP contribution >= 0.6 is 0 Å². The minimum Gasteiger partial charge on any atom is -0.393 e. The third-order valence-corrected chi connectivity index (χ3v) is 19.7. The molecule has 4 saturated carbocycles. The van der Waals surface area contributed by atoms with Crippen LogP contribution in [0.5, 0.6) is 0 Å². The molecule has 0 heterocycles. The maximum Gasteiger partial charge on any atom is 1.00 e. The van der Waals surface area contributed by atoms with E-state index in [0.29, 0.717) is 35.0 Å². The molecule has 5 nitrogen and oxygen atoms in total. The van der Waals surface area contributed by atoms with Crippen molar-refractivity contribution < 1.29 is 29.7 Å². The van der Waals surface area contributed by atoms with E-state index < -0.39 is 0 Å². The summed E-state index contributed by atoms with van der Waals surface area (Å²) in [6.07, 6.45) is 56.6. The molecule has 0 saturated heterocycles. The summed E-state index contributed by atoms with van der Waals surface area (Å²) in [4.78, 5) is 19.0. The molecule has 1 radical (unpaired) electrons. The number of hydrogen-bond donors (Lipinski definition) is 2. The molecule has 4 aliphatic rings. The van der Waals surface area contributed by atoms with Crippen LogP contribution in [-0.2, 0) is 24.6 Å². The van der Waals surface area contributed by atoms with Crippen LogP contribution in [0.25, 0.3) is 0 Å². The van der Waals surface area contributed by atoms with Crippen molar-refractivity contribution >= 4 is 5.91 Å². The first-order chi connectivity index (χ1) is 33.3. The van der Waals surface area contributed by atoms with Crippen LogP contribution in [0.4, 0.5) is 0 Å². The van der Waals surface area contributed by atoms with Crippen LogP contribution in [0.2, 0.25) is 0 Å². The number of nitrogens with one attached hydrogen (secondary N) is 1. The number of nitrogens with zero attached hydrogens (tertiary/aromatic N) is 2. The van der Waals surface area contributed by atoms with Crippen LogP contribution < -0.4 is 5.32 Å². The molecule has 6 heteroatoms. The predicted molar refractivity (Wildman–Crippen MR) is 303 cm³/mol. The van der Waals surface area contributed by atoms with E-state index in [1.165, 1.54) is 277 Å². The van der Waals surface area contributed by atoms with Crippen LogP contribution in [0, 0.1) is 47.8 Å². The van der Waals surface area contributed by atoms with Crippen molar-refractivity contribution in [2.45, 2.75) is 310 Å². The normalized spacial score (nSPS) is 26.1. The molecule has 0 aromatic heterocycles.